The van der Waals surface area contributed by atoms with Gasteiger partial charge in [-0.15, -0.1) is 0 Å². The highest BCUT2D eigenvalue weighted by Crippen LogP contribution is 2.42. The first kappa shape index (κ1) is 17.0. The number of rotatable bonds is 2. The standard InChI is InChI=1S/C11H18N2.C9H17N/c1-8(2)10-4-5-13-9(3)7-12-11(13)6-10;1-3-7-4-9-5-8(7)6-10(9)2/h7-8,10H,4-6H2,1-3H3;7-9H,3-6H2,1-2H3. The minimum Gasteiger partial charge on any atom is -0.332 e. The van der Waals surface area contributed by atoms with Gasteiger partial charge in [0.15, 0.2) is 0 Å². The van der Waals surface area contributed by atoms with Gasteiger partial charge in [-0.1, -0.05) is 27.2 Å². The Morgan fingerprint density at radius 2 is 2.09 bits per heavy atom. The zero-order valence-corrected chi connectivity index (χ0v) is 15.8. The Morgan fingerprint density at radius 1 is 1.30 bits per heavy atom. The fourth-order valence-electron chi connectivity index (χ4n) is 4.96. The Bertz CT molecular complexity index is 517. The quantitative estimate of drug-likeness (QED) is 0.817. The molecule has 2 bridgehead atoms. The molecule has 1 aromatic rings. The number of hydrogen-bond donors (Lipinski definition) is 0. The first-order valence-electron chi connectivity index (χ1n) is 9.70. The number of aromatic nitrogens is 2. The van der Waals surface area contributed by atoms with E-state index in [-0.39, 0.29) is 0 Å². The van der Waals surface area contributed by atoms with Gasteiger partial charge in [0.05, 0.1) is 0 Å². The highest BCUT2D eigenvalue weighted by molar-refractivity contribution is 5.06. The number of nitrogens with zero attached hydrogens (tertiary/aromatic N) is 3. The van der Waals surface area contributed by atoms with Crippen molar-refractivity contribution in [2.45, 2.75) is 72.4 Å². The normalized spacial score (nSPS) is 32.8. The summed E-state index contributed by atoms with van der Waals surface area (Å²) >= 11 is 0. The van der Waals surface area contributed by atoms with E-state index in [4.69, 9.17) is 0 Å². The molecular weight excluding hydrogens is 282 g/mol. The average molecular weight is 318 g/mol. The summed E-state index contributed by atoms with van der Waals surface area (Å²) in [5, 5.41) is 0. The number of likely N-dealkylation sites (tertiary alicyclic amines) is 1. The first-order valence-corrected chi connectivity index (χ1v) is 9.70. The minimum absolute atomic E-state index is 0.797. The number of fused-ring (bicyclic) bond motifs is 3. The van der Waals surface area contributed by atoms with Crippen molar-refractivity contribution in [3.8, 4) is 0 Å². The summed E-state index contributed by atoms with van der Waals surface area (Å²) in [4.78, 5) is 6.99. The van der Waals surface area contributed by atoms with Crippen LogP contribution in [0.25, 0.3) is 0 Å². The van der Waals surface area contributed by atoms with E-state index in [0.717, 1.165) is 29.7 Å². The van der Waals surface area contributed by atoms with Gasteiger partial charge in [-0.25, -0.2) is 4.98 Å². The molecule has 0 aromatic carbocycles. The third kappa shape index (κ3) is 3.50. The zero-order valence-electron chi connectivity index (χ0n) is 15.8. The van der Waals surface area contributed by atoms with Crippen LogP contribution in [0.5, 0.6) is 0 Å². The molecule has 3 nitrogen and oxygen atoms in total. The molecule has 0 amide bonds. The molecule has 1 aliphatic carbocycles. The molecule has 130 valence electrons. The molecule has 1 saturated carbocycles. The minimum atomic E-state index is 0.797. The van der Waals surface area contributed by atoms with Crippen molar-refractivity contribution in [1.29, 1.82) is 0 Å². The largest absolute Gasteiger partial charge is 0.332 e. The molecule has 4 atom stereocenters. The highest BCUT2D eigenvalue weighted by atomic mass is 15.2. The zero-order chi connectivity index (χ0) is 16.6. The van der Waals surface area contributed by atoms with Gasteiger partial charge in [0.25, 0.3) is 0 Å². The summed E-state index contributed by atoms with van der Waals surface area (Å²) in [5.74, 6) is 5.06. The SMILES string of the molecule is CCC1CC2CC1CN2C.Cc1cnc2n1CCC(C(C)C)C2. The van der Waals surface area contributed by atoms with Crippen LogP contribution in [0.2, 0.25) is 0 Å². The van der Waals surface area contributed by atoms with Gasteiger partial charge in [0, 0.05) is 37.4 Å². The molecule has 3 aliphatic rings. The van der Waals surface area contributed by atoms with Gasteiger partial charge in [0.2, 0.25) is 0 Å². The molecule has 3 heterocycles. The van der Waals surface area contributed by atoms with Crippen molar-refractivity contribution >= 4 is 0 Å². The van der Waals surface area contributed by atoms with Crippen molar-refractivity contribution in [2.24, 2.45) is 23.7 Å². The van der Waals surface area contributed by atoms with Crippen LogP contribution in [-0.4, -0.2) is 34.1 Å². The maximum atomic E-state index is 4.45. The Hall–Kier alpha value is -0.830. The van der Waals surface area contributed by atoms with E-state index in [9.17, 15) is 0 Å². The first-order chi connectivity index (χ1) is 11.0. The van der Waals surface area contributed by atoms with Crippen molar-refractivity contribution in [1.82, 2.24) is 14.5 Å². The lowest BCUT2D eigenvalue weighted by Crippen LogP contribution is -2.31. The lowest BCUT2D eigenvalue weighted by Gasteiger charge is -2.27. The summed E-state index contributed by atoms with van der Waals surface area (Å²) in [5.41, 5.74) is 1.32. The Kier molecular flexibility index (Phi) is 5.15. The van der Waals surface area contributed by atoms with E-state index in [1.807, 2.05) is 6.20 Å². The molecule has 3 heteroatoms. The third-order valence-electron chi connectivity index (χ3n) is 6.74. The predicted molar refractivity (Wildman–Crippen MR) is 96.5 cm³/mol. The number of imidazole rings is 1. The molecule has 4 rings (SSSR count). The maximum absolute atomic E-state index is 4.45. The van der Waals surface area contributed by atoms with Crippen LogP contribution in [0, 0.1) is 30.6 Å². The smallest absolute Gasteiger partial charge is 0.109 e. The summed E-state index contributed by atoms with van der Waals surface area (Å²) in [7, 11) is 2.27. The predicted octanol–water partition coefficient (Wildman–Crippen LogP) is 4.15. The van der Waals surface area contributed by atoms with Gasteiger partial charge in [-0.05, 0) is 56.9 Å². The van der Waals surface area contributed by atoms with Gasteiger partial charge in [0.1, 0.15) is 5.82 Å². The molecule has 0 spiro atoms. The van der Waals surface area contributed by atoms with Gasteiger partial charge >= 0.3 is 0 Å². The fourth-order valence-corrected chi connectivity index (χ4v) is 4.96. The van der Waals surface area contributed by atoms with E-state index < -0.39 is 0 Å². The Morgan fingerprint density at radius 3 is 2.65 bits per heavy atom. The van der Waals surface area contributed by atoms with Crippen LogP contribution in [0.15, 0.2) is 6.20 Å². The topological polar surface area (TPSA) is 21.1 Å². The summed E-state index contributed by atoms with van der Waals surface area (Å²) in [6.45, 7) is 11.7. The molecule has 0 N–H and O–H groups in total. The monoisotopic (exact) mass is 317 g/mol. The fraction of sp³-hybridized carbons (Fsp3) is 0.850. The van der Waals surface area contributed by atoms with Gasteiger partial charge < -0.3 is 9.47 Å². The Labute approximate surface area is 142 Å². The highest BCUT2D eigenvalue weighted by Gasteiger charge is 2.41. The van der Waals surface area contributed by atoms with Crippen LogP contribution in [0.1, 0.15) is 58.0 Å². The van der Waals surface area contributed by atoms with Crippen molar-refractivity contribution in [3.63, 3.8) is 0 Å². The number of piperidine rings is 1. The van der Waals surface area contributed by atoms with Crippen LogP contribution in [-0.2, 0) is 13.0 Å². The van der Waals surface area contributed by atoms with E-state index in [0.29, 0.717) is 0 Å². The summed E-state index contributed by atoms with van der Waals surface area (Å²) in [6.07, 6.45) is 8.88. The van der Waals surface area contributed by atoms with E-state index in [1.54, 1.807) is 0 Å². The van der Waals surface area contributed by atoms with Gasteiger partial charge in [-0.3, -0.25) is 0 Å². The van der Waals surface area contributed by atoms with Crippen LogP contribution >= 0.6 is 0 Å². The van der Waals surface area contributed by atoms with E-state index in [2.05, 4.69) is 49.2 Å². The molecule has 2 fully saturated rings. The van der Waals surface area contributed by atoms with Crippen molar-refractivity contribution in [2.75, 3.05) is 13.6 Å². The lowest BCUT2D eigenvalue weighted by molar-refractivity contribution is 0.206. The van der Waals surface area contributed by atoms with Crippen molar-refractivity contribution in [3.05, 3.63) is 17.7 Å². The molecular formula is C20H35N3. The maximum Gasteiger partial charge on any atom is 0.109 e. The molecule has 0 radical (unpaired) electrons. The molecule has 2 aliphatic heterocycles. The second kappa shape index (κ2) is 6.96. The average Bonchev–Trinajstić information content (AvgIpc) is 3.21. The molecule has 1 saturated heterocycles. The second-order valence-electron chi connectivity index (χ2n) is 8.46. The molecule has 1 aromatic heterocycles. The molecule has 23 heavy (non-hydrogen) atoms. The second-order valence-corrected chi connectivity index (χ2v) is 8.46. The third-order valence-corrected chi connectivity index (χ3v) is 6.74. The number of hydrogen-bond acceptors (Lipinski definition) is 2. The molecule has 4 unspecified atom stereocenters. The number of aryl methyl sites for hydroxylation is 1. The Balaban J connectivity index is 0.000000140. The van der Waals surface area contributed by atoms with Crippen LogP contribution < -0.4 is 0 Å². The van der Waals surface area contributed by atoms with E-state index in [1.165, 1.54) is 56.7 Å². The summed E-state index contributed by atoms with van der Waals surface area (Å²) in [6, 6.07) is 0.954. The summed E-state index contributed by atoms with van der Waals surface area (Å²) < 4.78 is 2.36. The lowest BCUT2D eigenvalue weighted by atomic mass is 9.87. The van der Waals surface area contributed by atoms with Gasteiger partial charge in [-0.2, -0.15) is 0 Å². The van der Waals surface area contributed by atoms with E-state index >= 15 is 0 Å². The van der Waals surface area contributed by atoms with Crippen LogP contribution in [0.4, 0.5) is 0 Å². The van der Waals surface area contributed by atoms with Crippen LogP contribution in [0.3, 0.4) is 0 Å². The van der Waals surface area contributed by atoms with Crippen molar-refractivity contribution < 1.29 is 0 Å².